The minimum absolute atomic E-state index is 0.170. The van der Waals surface area contributed by atoms with Crippen LogP contribution < -0.4 is 5.32 Å². The van der Waals surface area contributed by atoms with E-state index in [9.17, 15) is 5.11 Å². The van der Waals surface area contributed by atoms with Crippen LogP contribution in [0.1, 0.15) is 32.3 Å². The largest absolute Gasteiger partial charge is 0.392 e. The highest BCUT2D eigenvalue weighted by Crippen LogP contribution is 2.31. The van der Waals surface area contributed by atoms with Gasteiger partial charge in [0.15, 0.2) is 0 Å². The lowest BCUT2D eigenvalue weighted by Gasteiger charge is -2.17. The number of aliphatic hydroxyl groups excluding tert-OH is 1. The summed E-state index contributed by atoms with van der Waals surface area (Å²) in [4.78, 5) is 1.17. The predicted octanol–water partition coefficient (Wildman–Crippen LogP) is 3.45. The second-order valence-corrected chi connectivity index (χ2v) is 6.83. The molecule has 0 aliphatic heterocycles. The Hall–Kier alpha value is -0.220. The number of benzene rings is 1. The lowest BCUT2D eigenvalue weighted by Crippen LogP contribution is -2.18. The molecule has 4 heteroatoms. The Balaban J connectivity index is 2.06. The monoisotopic (exact) mass is 285 g/mol. The SMILES string of the molecule is CC(O)C(C)Sc1cc(Cl)ccc1CNC1CC1. The first-order valence-electron chi connectivity index (χ1n) is 6.43. The molecule has 0 heterocycles. The summed E-state index contributed by atoms with van der Waals surface area (Å²) in [6.45, 7) is 4.75. The fourth-order valence-corrected chi connectivity index (χ4v) is 2.95. The molecule has 2 N–H and O–H groups in total. The van der Waals surface area contributed by atoms with Crippen molar-refractivity contribution in [3.8, 4) is 0 Å². The van der Waals surface area contributed by atoms with Crippen LogP contribution in [-0.2, 0) is 6.54 Å². The van der Waals surface area contributed by atoms with E-state index in [-0.39, 0.29) is 11.4 Å². The Morgan fingerprint density at radius 2 is 2.17 bits per heavy atom. The van der Waals surface area contributed by atoms with Crippen molar-refractivity contribution in [3.63, 3.8) is 0 Å². The van der Waals surface area contributed by atoms with Gasteiger partial charge in [0.05, 0.1) is 6.10 Å². The molecule has 0 bridgehead atoms. The summed E-state index contributed by atoms with van der Waals surface area (Å²) in [7, 11) is 0. The molecule has 0 amide bonds. The van der Waals surface area contributed by atoms with Gasteiger partial charge in [-0.15, -0.1) is 11.8 Å². The van der Waals surface area contributed by atoms with Gasteiger partial charge in [-0.2, -0.15) is 0 Å². The number of nitrogens with one attached hydrogen (secondary N) is 1. The molecule has 0 spiro atoms. The Kier molecular flexibility index (Phi) is 4.96. The Bertz CT molecular complexity index is 407. The maximum atomic E-state index is 9.60. The highest BCUT2D eigenvalue weighted by atomic mass is 35.5. The predicted molar refractivity (Wildman–Crippen MR) is 78.3 cm³/mol. The molecule has 0 radical (unpaired) electrons. The van der Waals surface area contributed by atoms with Crippen LogP contribution in [-0.4, -0.2) is 22.5 Å². The van der Waals surface area contributed by atoms with E-state index in [0.717, 1.165) is 11.6 Å². The zero-order valence-electron chi connectivity index (χ0n) is 10.8. The molecule has 100 valence electrons. The van der Waals surface area contributed by atoms with E-state index in [0.29, 0.717) is 6.04 Å². The van der Waals surface area contributed by atoms with Gasteiger partial charge >= 0.3 is 0 Å². The van der Waals surface area contributed by atoms with Gasteiger partial charge in [-0.05, 0) is 37.5 Å². The first-order valence-corrected chi connectivity index (χ1v) is 7.68. The zero-order valence-corrected chi connectivity index (χ0v) is 12.4. The van der Waals surface area contributed by atoms with Crippen LogP contribution in [0.25, 0.3) is 0 Å². The minimum atomic E-state index is -0.321. The molecular formula is C14H20ClNOS. The zero-order chi connectivity index (χ0) is 13.1. The van der Waals surface area contributed by atoms with E-state index in [2.05, 4.69) is 11.4 Å². The second kappa shape index (κ2) is 6.29. The van der Waals surface area contributed by atoms with E-state index >= 15 is 0 Å². The van der Waals surface area contributed by atoms with Crippen molar-refractivity contribution in [1.29, 1.82) is 0 Å². The summed E-state index contributed by atoms with van der Waals surface area (Å²) in [6.07, 6.45) is 2.26. The summed E-state index contributed by atoms with van der Waals surface area (Å²) in [6, 6.07) is 6.71. The van der Waals surface area contributed by atoms with Crippen molar-refractivity contribution in [2.24, 2.45) is 0 Å². The maximum Gasteiger partial charge on any atom is 0.0631 e. The number of thioether (sulfide) groups is 1. The number of rotatable bonds is 6. The van der Waals surface area contributed by atoms with Gasteiger partial charge in [0, 0.05) is 27.8 Å². The summed E-state index contributed by atoms with van der Waals surface area (Å²) < 4.78 is 0. The Morgan fingerprint density at radius 3 is 2.78 bits per heavy atom. The molecule has 0 saturated heterocycles. The van der Waals surface area contributed by atoms with Crippen molar-refractivity contribution >= 4 is 23.4 Å². The smallest absolute Gasteiger partial charge is 0.0631 e. The summed E-state index contributed by atoms with van der Waals surface area (Å²) in [5.74, 6) is 0. The Morgan fingerprint density at radius 1 is 1.44 bits per heavy atom. The van der Waals surface area contributed by atoms with Gasteiger partial charge in [0.1, 0.15) is 0 Å². The highest BCUT2D eigenvalue weighted by molar-refractivity contribution is 8.00. The number of aliphatic hydroxyl groups is 1. The normalized spacial score (nSPS) is 18.7. The van der Waals surface area contributed by atoms with Gasteiger partial charge in [-0.1, -0.05) is 24.6 Å². The maximum absolute atomic E-state index is 9.60. The van der Waals surface area contributed by atoms with Crippen LogP contribution >= 0.6 is 23.4 Å². The second-order valence-electron chi connectivity index (χ2n) is 4.97. The van der Waals surface area contributed by atoms with Gasteiger partial charge in [-0.3, -0.25) is 0 Å². The van der Waals surface area contributed by atoms with Crippen LogP contribution in [0.5, 0.6) is 0 Å². The molecule has 1 fully saturated rings. The van der Waals surface area contributed by atoms with Crippen molar-refractivity contribution in [1.82, 2.24) is 5.32 Å². The molecule has 0 aromatic heterocycles. The van der Waals surface area contributed by atoms with Gasteiger partial charge in [-0.25, -0.2) is 0 Å². The van der Waals surface area contributed by atoms with Crippen LogP contribution in [0.4, 0.5) is 0 Å². The van der Waals surface area contributed by atoms with E-state index in [1.165, 1.54) is 23.3 Å². The third-order valence-corrected chi connectivity index (χ3v) is 4.81. The van der Waals surface area contributed by atoms with Crippen LogP contribution in [0, 0.1) is 0 Å². The van der Waals surface area contributed by atoms with E-state index < -0.39 is 0 Å². The highest BCUT2D eigenvalue weighted by Gasteiger charge is 2.21. The molecule has 2 nitrogen and oxygen atoms in total. The van der Waals surface area contributed by atoms with E-state index in [4.69, 9.17) is 11.6 Å². The quantitative estimate of drug-likeness (QED) is 0.785. The van der Waals surface area contributed by atoms with Gasteiger partial charge in [0.2, 0.25) is 0 Å². The van der Waals surface area contributed by atoms with E-state index in [1.807, 2.05) is 26.0 Å². The summed E-state index contributed by atoms with van der Waals surface area (Å²) in [5, 5.41) is 14.0. The molecule has 1 aliphatic rings. The third kappa shape index (κ3) is 4.16. The van der Waals surface area contributed by atoms with Crippen molar-refractivity contribution in [3.05, 3.63) is 28.8 Å². The molecule has 1 aliphatic carbocycles. The van der Waals surface area contributed by atoms with Crippen LogP contribution in [0.3, 0.4) is 0 Å². The molecule has 2 rings (SSSR count). The molecule has 1 aromatic rings. The first-order chi connectivity index (χ1) is 8.56. The molecule has 18 heavy (non-hydrogen) atoms. The summed E-state index contributed by atoms with van der Waals surface area (Å²) in [5.41, 5.74) is 1.27. The number of halogens is 1. The topological polar surface area (TPSA) is 32.3 Å². The van der Waals surface area contributed by atoms with Gasteiger partial charge < -0.3 is 10.4 Å². The fraction of sp³-hybridized carbons (Fsp3) is 0.571. The molecule has 2 unspecified atom stereocenters. The average Bonchev–Trinajstić information content (AvgIpc) is 3.11. The van der Waals surface area contributed by atoms with Crippen molar-refractivity contribution < 1.29 is 5.11 Å². The first kappa shape index (κ1) is 14.2. The third-order valence-electron chi connectivity index (χ3n) is 3.18. The molecule has 2 atom stereocenters. The Labute approximate surface area is 118 Å². The number of hydrogen-bond acceptors (Lipinski definition) is 3. The average molecular weight is 286 g/mol. The lowest BCUT2D eigenvalue weighted by molar-refractivity contribution is 0.196. The van der Waals surface area contributed by atoms with Crippen molar-refractivity contribution in [2.75, 3.05) is 0 Å². The molecule has 1 aromatic carbocycles. The van der Waals surface area contributed by atoms with Gasteiger partial charge in [0.25, 0.3) is 0 Å². The fourth-order valence-electron chi connectivity index (χ4n) is 1.62. The molecule has 1 saturated carbocycles. The van der Waals surface area contributed by atoms with Crippen LogP contribution in [0.15, 0.2) is 23.1 Å². The lowest BCUT2D eigenvalue weighted by atomic mass is 10.2. The van der Waals surface area contributed by atoms with Crippen LogP contribution in [0.2, 0.25) is 5.02 Å². The van der Waals surface area contributed by atoms with E-state index in [1.54, 1.807) is 11.8 Å². The number of hydrogen-bond donors (Lipinski definition) is 2. The van der Waals surface area contributed by atoms with Crippen molar-refractivity contribution in [2.45, 2.75) is 55.5 Å². The molecular weight excluding hydrogens is 266 g/mol. The minimum Gasteiger partial charge on any atom is -0.392 e. The summed E-state index contributed by atoms with van der Waals surface area (Å²) >= 11 is 7.75. The standard InChI is InChI=1S/C14H20ClNOS/c1-9(17)10(2)18-14-7-12(15)4-3-11(14)8-16-13-5-6-13/h3-4,7,9-10,13,16-17H,5-6,8H2,1-2H3.